The summed E-state index contributed by atoms with van der Waals surface area (Å²) < 4.78 is 15.7. The maximum absolute atomic E-state index is 14.0. The maximum Gasteiger partial charge on any atom is 0.251 e. The SMILES string of the molecule is CC1(c2c[nH]n3c2nc2cc(F)cc(C(N)=O)c23)CCN(CC2(C#N)CCC2)CC1. The number of benzene rings is 1. The summed E-state index contributed by atoms with van der Waals surface area (Å²) in [6.45, 7) is 4.94. The Morgan fingerprint density at radius 3 is 2.67 bits per heavy atom. The molecule has 1 aromatic carbocycles. The molecule has 1 amide bonds. The predicted octanol–water partition coefficient (Wildman–Crippen LogP) is 3.10. The van der Waals surface area contributed by atoms with E-state index in [2.05, 4.69) is 28.0 Å². The second-order valence-corrected chi connectivity index (χ2v) is 9.23. The van der Waals surface area contributed by atoms with Crippen molar-refractivity contribution >= 4 is 22.6 Å². The van der Waals surface area contributed by atoms with Crippen LogP contribution >= 0.6 is 0 Å². The molecule has 1 aliphatic heterocycles. The van der Waals surface area contributed by atoms with Crippen molar-refractivity contribution in [3.63, 3.8) is 0 Å². The van der Waals surface area contributed by atoms with Crippen LogP contribution in [0.1, 0.15) is 54.9 Å². The van der Waals surface area contributed by atoms with Gasteiger partial charge in [-0.3, -0.25) is 9.89 Å². The lowest BCUT2D eigenvalue weighted by molar-refractivity contribution is 0.0854. The maximum atomic E-state index is 14.0. The van der Waals surface area contributed by atoms with Crippen LogP contribution < -0.4 is 5.73 Å². The summed E-state index contributed by atoms with van der Waals surface area (Å²) >= 11 is 0. The van der Waals surface area contributed by atoms with Crippen molar-refractivity contribution in [1.82, 2.24) is 19.5 Å². The second-order valence-electron chi connectivity index (χ2n) is 9.23. The number of hydrogen-bond donors (Lipinski definition) is 2. The van der Waals surface area contributed by atoms with Crippen LogP contribution in [0.4, 0.5) is 4.39 Å². The third-order valence-corrected chi connectivity index (χ3v) is 7.24. The van der Waals surface area contributed by atoms with Crippen molar-refractivity contribution in [1.29, 1.82) is 5.26 Å². The van der Waals surface area contributed by atoms with E-state index in [-0.39, 0.29) is 16.4 Å². The first kappa shape index (κ1) is 19.1. The van der Waals surface area contributed by atoms with Gasteiger partial charge in [-0.05, 0) is 44.8 Å². The molecule has 0 spiro atoms. The number of aromatic nitrogens is 3. The van der Waals surface area contributed by atoms with E-state index in [9.17, 15) is 14.4 Å². The fraction of sp³-hybridized carbons (Fsp3) is 0.500. The largest absolute Gasteiger partial charge is 0.366 e. The number of carbonyl (C=O) groups is 1. The zero-order valence-corrected chi connectivity index (χ0v) is 17.0. The van der Waals surface area contributed by atoms with Crippen LogP contribution in [-0.4, -0.2) is 45.0 Å². The number of hydrogen-bond acceptors (Lipinski definition) is 4. The van der Waals surface area contributed by atoms with E-state index >= 15 is 0 Å². The minimum Gasteiger partial charge on any atom is -0.366 e. The molecule has 1 aliphatic carbocycles. The van der Waals surface area contributed by atoms with Crippen LogP contribution in [0.25, 0.3) is 16.7 Å². The van der Waals surface area contributed by atoms with Crippen molar-refractivity contribution in [3.05, 3.63) is 35.3 Å². The Hall–Kier alpha value is -2.92. The van der Waals surface area contributed by atoms with E-state index in [0.717, 1.165) is 63.4 Å². The summed E-state index contributed by atoms with van der Waals surface area (Å²) in [5, 5.41) is 12.7. The molecule has 2 fully saturated rings. The van der Waals surface area contributed by atoms with Gasteiger partial charge in [-0.1, -0.05) is 13.3 Å². The normalized spacial score (nSPS) is 20.8. The van der Waals surface area contributed by atoms with E-state index in [1.807, 2.05) is 6.20 Å². The van der Waals surface area contributed by atoms with Gasteiger partial charge in [0.05, 0.1) is 22.6 Å². The number of nitrogens with one attached hydrogen (secondary N) is 1. The van der Waals surface area contributed by atoms with Crippen LogP contribution in [0, 0.1) is 22.6 Å². The number of carbonyl (C=O) groups excluding carboxylic acids is 1. The van der Waals surface area contributed by atoms with Crippen LogP contribution in [0.2, 0.25) is 0 Å². The van der Waals surface area contributed by atoms with Gasteiger partial charge in [0.25, 0.3) is 5.91 Å². The Bertz CT molecular complexity index is 1190. The first-order chi connectivity index (χ1) is 14.3. The van der Waals surface area contributed by atoms with E-state index in [1.54, 1.807) is 4.52 Å². The highest BCUT2D eigenvalue weighted by Gasteiger charge is 2.41. The molecule has 8 heteroatoms. The average molecular weight is 408 g/mol. The predicted molar refractivity (Wildman–Crippen MR) is 110 cm³/mol. The molecule has 30 heavy (non-hydrogen) atoms. The lowest BCUT2D eigenvalue weighted by Crippen LogP contribution is -2.47. The molecular formula is C22H25FN6O. The van der Waals surface area contributed by atoms with Crippen LogP contribution in [0.15, 0.2) is 18.3 Å². The number of rotatable bonds is 4. The number of imidazole rings is 1. The summed E-state index contributed by atoms with van der Waals surface area (Å²) in [6, 6.07) is 5.03. The number of piperidine rings is 1. The Kier molecular flexibility index (Phi) is 4.16. The monoisotopic (exact) mass is 408 g/mol. The first-order valence-electron chi connectivity index (χ1n) is 10.5. The summed E-state index contributed by atoms with van der Waals surface area (Å²) in [7, 11) is 0. The Labute approximate surface area is 173 Å². The van der Waals surface area contributed by atoms with Gasteiger partial charge in [0.2, 0.25) is 0 Å². The third-order valence-electron chi connectivity index (χ3n) is 7.24. The number of H-pyrrole nitrogens is 1. The van der Waals surface area contributed by atoms with Crippen molar-refractivity contribution in [3.8, 4) is 6.07 Å². The third kappa shape index (κ3) is 2.80. The van der Waals surface area contributed by atoms with Crippen molar-refractivity contribution in [2.24, 2.45) is 11.1 Å². The molecule has 0 radical (unpaired) electrons. The van der Waals surface area contributed by atoms with Crippen molar-refractivity contribution in [2.75, 3.05) is 19.6 Å². The topological polar surface area (TPSA) is 103 Å². The molecule has 1 saturated heterocycles. The van der Waals surface area contributed by atoms with Gasteiger partial charge < -0.3 is 10.6 Å². The summed E-state index contributed by atoms with van der Waals surface area (Å²) in [4.78, 5) is 18.9. The summed E-state index contributed by atoms with van der Waals surface area (Å²) in [5.41, 5.74) is 8.05. The molecule has 0 unspecified atom stereocenters. The van der Waals surface area contributed by atoms with Crippen molar-refractivity contribution < 1.29 is 9.18 Å². The molecule has 2 aliphatic rings. The number of likely N-dealkylation sites (tertiary alicyclic amines) is 1. The van der Waals surface area contributed by atoms with Gasteiger partial charge in [-0.25, -0.2) is 13.9 Å². The van der Waals surface area contributed by atoms with Gasteiger partial charge in [0.15, 0.2) is 5.65 Å². The molecule has 1 saturated carbocycles. The van der Waals surface area contributed by atoms with Crippen LogP contribution in [0.3, 0.4) is 0 Å². The first-order valence-corrected chi connectivity index (χ1v) is 10.5. The summed E-state index contributed by atoms with van der Waals surface area (Å²) in [6.07, 6.45) is 7.00. The quantitative estimate of drug-likeness (QED) is 0.692. The number of nitrogens with two attached hydrogens (primary N) is 1. The number of primary amides is 1. The highest BCUT2D eigenvalue weighted by molar-refractivity contribution is 6.05. The molecule has 3 N–H and O–H groups in total. The molecule has 5 rings (SSSR count). The number of halogens is 1. The fourth-order valence-electron chi connectivity index (χ4n) is 5.12. The molecule has 3 heterocycles. The number of aromatic amines is 1. The number of amides is 1. The smallest absolute Gasteiger partial charge is 0.251 e. The van der Waals surface area contributed by atoms with Gasteiger partial charge in [-0.2, -0.15) is 5.26 Å². The Morgan fingerprint density at radius 1 is 1.33 bits per heavy atom. The zero-order valence-electron chi connectivity index (χ0n) is 17.0. The standard InChI is InChI=1S/C22H25FN6O/c1-21(5-7-28(8-6-21)13-22(12-24)3-2-4-22)16-11-26-29-18-15(19(25)30)9-14(23)10-17(18)27-20(16)29/h9-11,26H,2-8,13H2,1H3,(H2,25,30). The average Bonchev–Trinajstić information content (AvgIpc) is 3.24. The van der Waals surface area contributed by atoms with E-state index in [1.165, 1.54) is 6.07 Å². The minimum atomic E-state index is -0.681. The van der Waals surface area contributed by atoms with Crippen LogP contribution in [-0.2, 0) is 5.41 Å². The van der Waals surface area contributed by atoms with E-state index in [0.29, 0.717) is 16.7 Å². The van der Waals surface area contributed by atoms with Crippen LogP contribution in [0.5, 0.6) is 0 Å². The molecule has 0 bridgehead atoms. The summed E-state index contributed by atoms with van der Waals surface area (Å²) in [5.74, 6) is -1.21. The number of nitrogens with zero attached hydrogens (tertiary/aromatic N) is 4. The number of nitriles is 1. The lowest BCUT2D eigenvalue weighted by Gasteiger charge is -2.44. The zero-order chi connectivity index (χ0) is 21.1. The van der Waals surface area contributed by atoms with E-state index in [4.69, 9.17) is 5.73 Å². The Balaban J connectivity index is 1.46. The molecule has 7 nitrogen and oxygen atoms in total. The van der Waals surface area contributed by atoms with E-state index < -0.39 is 11.7 Å². The van der Waals surface area contributed by atoms with Gasteiger partial charge in [-0.15, -0.1) is 0 Å². The van der Waals surface area contributed by atoms with Crippen molar-refractivity contribution in [2.45, 2.75) is 44.4 Å². The van der Waals surface area contributed by atoms with Gasteiger partial charge in [0, 0.05) is 29.8 Å². The fourth-order valence-corrected chi connectivity index (χ4v) is 5.12. The molecular weight excluding hydrogens is 383 g/mol. The highest BCUT2D eigenvalue weighted by Crippen LogP contribution is 2.43. The molecule has 3 aromatic rings. The highest BCUT2D eigenvalue weighted by atomic mass is 19.1. The molecule has 0 atom stereocenters. The number of fused-ring (bicyclic) bond motifs is 3. The second kappa shape index (κ2) is 6.54. The van der Waals surface area contributed by atoms with Gasteiger partial charge >= 0.3 is 0 Å². The molecule has 156 valence electrons. The lowest BCUT2D eigenvalue weighted by atomic mass is 9.69. The minimum absolute atomic E-state index is 0.0933. The Morgan fingerprint density at radius 2 is 2.07 bits per heavy atom. The van der Waals surface area contributed by atoms with Gasteiger partial charge in [0.1, 0.15) is 11.3 Å². The molecule has 2 aromatic heterocycles.